The van der Waals surface area contributed by atoms with E-state index in [-0.39, 0.29) is 5.82 Å². The second-order valence-corrected chi connectivity index (χ2v) is 5.18. The molecule has 24 heavy (non-hydrogen) atoms. The van der Waals surface area contributed by atoms with E-state index in [0.29, 0.717) is 23.1 Å². The maximum Gasteiger partial charge on any atom is 0.136 e. The summed E-state index contributed by atoms with van der Waals surface area (Å²) in [6.07, 6.45) is 0. The summed E-state index contributed by atoms with van der Waals surface area (Å²) in [6.45, 7) is 1.80. The van der Waals surface area contributed by atoms with Crippen LogP contribution < -0.4 is 15.4 Å². The van der Waals surface area contributed by atoms with E-state index in [1.165, 1.54) is 12.1 Å². The van der Waals surface area contributed by atoms with Crippen molar-refractivity contribution in [3.63, 3.8) is 0 Å². The van der Waals surface area contributed by atoms with Crippen LogP contribution in [0, 0.1) is 12.7 Å². The summed E-state index contributed by atoms with van der Waals surface area (Å²) in [4.78, 5) is 8.69. The molecule has 0 spiro atoms. The normalized spacial score (nSPS) is 10.3. The minimum atomic E-state index is -0.305. The second kappa shape index (κ2) is 6.95. The number of aromatic nitrogens is 2. The Bertz CT molecular complexity index is 854. The molecule has 0 aliphatic rings. The molecule has 0 fully saturated rings. The van der Waals surface area contributed by atoms with Crippen LogP contribution in [-0.2, 0) is 0 Å². The van der Waals surface area contributed by atoms with E-state index in [4.69, 9.17) is 4.74 Å². The van der Waals surface area contributed by atoms with Gasteiger partial charge >= 0.3 is 0 Å². The van der Waals surface area contributed by atoms with E-state index in [1.54, 1.807) is 32.2 Å². The molecule has 0 aliphatic carbocycles. The summed E-state index contributed by atoms with van der Waals surface area (Å²) in [5, 5.41) is 6.29. The molecule has 0 saturated carbocycles. The minimum absolute atomic E-state index is 0.305. The third-order valence-electron chi connectivity index (χ3n) is 3.28. The van der Waals surface area contributed by atoms with Gasteiger partial charge in [-0.2, -0.15) is 0 Å². The van der Waals surface area contributed by atoms with Gasteiger partial charge in [0.2, 0.25) is 0 Å². The van der Waals surface area contributed by atoms with Crippen LogP contribution in [0.5, 0.6) is 5.75 Å². The highest BCUT2D eigenvalue weighted by molar-refractivity contribution is 5.64. The highest BCUT2D eigenvalue weighted by atomic mass is 19.1. The number of hydrogen-bond acceptors (Lipinski definition) is 5. The van der Waals surface area contributed by atoms with Crippen LogP contribution in [0.15, 0.2) is 54.6 Å². The number of halogens is 1. The van der Waals surface area contributed by atoms with Gasteiger partial charge in [-0.15, -0.1) is 0 Å². The number of methoxy groups -OCH3 is 1. The number of ether oxygens (including phenoxy) is 1. The Morgan fingerprint density at radius 3 is 2.12 bits per heavy atom. The lowest BCUT2D eigenvalue weighted by Crippen LogP contribution is -2.01. The fourth-order valence-corrected chi connectivity index (χ4v) is 2.26. The van der Waals surface area contributed by atoms with E-state index in [2.05, 4.69) is 20.6 Å². The van der Waals surface area contributed by atoms with Gasteiger partial charge in [0.15, 0.2) is 0 Å². The van der Waals surface area contributed by atoms with Crippen LogP contribution in [0.2, 0.25) is 0 Å². The van der Waals surface area contributed by atoms with Gasteiger partial charge in [-0.3, -0.25) is 0 Å². The Kier molecular flexibility index (Phi) is 4.56. The van der Waals surface area contributed by atoms with Gasteiger partial charge in [0.05, 0.1) is 7.11 Å². The lowest BCUT2D eigenvalue weighted by molar-refractivity contribution is 0.415. The first-order valence-electron chi connectivity index (χ1n) is 7.42. The Morgan fingerprint density at radius 2 is 1.50 bits per heavy atom. The molecule has 0 radical (unpaired) electrons. The van der Waals surface area contributed by atoms with Crippen molar-refractivity contribution in [1.82, 2.24) is 9.97 Å². The van der Waals surface area contributed by atoms with E-state index < -0.39 is 0 Å². The number of anilines is 4. The maximum atomic E-state index is 13.3. The van der Waals surface area contributed by atoms with Crippen molar-refractivity contribution in [2.75, 3.05) is 17.7 Å². The first-order valence-corrected chi connectivity index (χ1v) is 7.42. The van der Waals surface area contributed by atoms with Gasteiger partial charge in [-0.05, 0) is 37.3 Å². The smallest absolute Gasteiger partial charge is 0.136 e. The molecule has 0 atom stereocenters. The molecule has 1 aromatic heterocycles. The highest BCUT2D eigenvalue weighted by Crippen LogP contribution is 2.23. The number of benzene rings is 2. The molecule has 122 valence electrons. The number of hydrogen-bond donors (Lipinski definition) is 2. The minimum Gasteiger partial charge on any atom is -0.497 e. The van der Waals surface area contributed by atoms with Crippen LogP contribution in [0.3, 0.4) is 0 Å². The number of nitrogens with one attached hydrogen (secondary N) is 2. The predicted octanol–water partition coefficient (Wildman–Crippen LogP) is 4.42. The van der Waals surface area contributed by atoms with Crippen LogP contribution in [0.25, 0.3) is 0 Å². The van der Waals surface area contributed by atoms with Crippen molar-refractivity contribution in [3.05, 3.63) is 66.2 Å². The molecule has 2 aromatic carbocycles. The third kappa shape index (κ3) is 3.98. The summed E-state index contributed by atoms with van der Waals surface area (Å²) >= 11 is 0. The Morgan fingerprint density at radius 1 is 0.875 bits per heavy atom. The molecular formula is C18H17FN4O. The zero-order valence-corrected chi connectivity index (χ0v) is 13.4. The summed E-state index contributed by atoms with van der Waals surface area (Å²) < 4.78 is 18.5. The number of rotatable bonds is 5. The van der Waals surface area contributed by atoms with Gasteiger partial charge in [0.1, 0.15) is 29.0 Å². The SMILES string of the molecule is COc1cccc(Nc2cc(Nc3cccc(F)c3)nc(C)n2)c1. The average molecular weight is 324 g/mol. The van der Waals surface area contributed by atoms with Crippen LogP contribution in [0.1, 0.15) is 5.82 Å². The zero-order valence-electron chi connectivity index (χ0n) is 13.4. The second-order valence-electron chi connectivity index (χ2n) is 5.18. The summed E-state index contributed by atoms with van der Waals surface area (Å²) in [6, 6.07) is 15.5. The summed E-state index contributed by atoms with van der Waals surface area (Å²) in [5.41, 5.74) is 1.48. The predicted molar refractivity (Wildman–Crippen MR) is 92.7 cm³/mol. The number of nitrogens with zero attached hydrogens (tertiary/aromatic N) is 2. The van der Waals surface area contributed by atoms with Gasteiger partial charge < -0.3 is 15.4 Å². The summed E-state index contributed by atoms with van der Waals surface area (Å²) in [5.74, 6) is 2.26. The van der Waals surface area contributed by atoms with Crippen molar-refractivity contribution < 1.29 is 9.13 Å². The molecular weight excluding hydrogens is 307 g/mol. The largest absolute Gasteiger partial charge is 0.497 e. The molecule has 6 heteroatoms. The fourth-order valence-electron chi connectivity index (χ4n) is 2.26. The van der Waals surface area contributed by atoms with Gasteiger partial charge in [0, 0.05) is 23.5 Å². The van der Waals surface area contributed by atoms with E-state index in [0.717, 1.165) is 11.4 Å². The quantitative estimate of drug-likeness (QED) is 0.727. The topological polar surface area (TPSA) is 59.1 Å². The Labute approximate surface area is 139 Å². The lowest BCUT2D eigenvalue weighted by Gasteiger charge is -2.11. The molecule has 5 nitrogen and oxygen atoms in total. The molecule has 0 saturated heterocycles. The monoisotopic (exact) mass is 324 g/mol. The molecule has 0 amide bonds. The van der Waals surface area contributed by atoms with Crippen molar-refractivity contribution in [1.29, 1.82) is 0 Å². The van der Waals surface area contributed by atoms with Crippen LogP contribution in [-0.4, -0.2) is 17.1 Å². The Balaban J connectivity index is 1.83. The molecule has 0 unspecified atom stereocenters. The maximum absolute atomic E-state index is 13.3. The van der Waals surface area contributed by atoms with E-state index in [9.17, 15) is 4.39 Å². The van der Waals surface area contributed by atoms with Crippen LogP contribution >= 0.6 is 0 Å². The molecule has 3 rings (SSSR count). The Hall–Kier alpha value is -3.15. The molecule has 0 aliphatic heterocycles. The molecule has 1 heterocycles. The van der Waals surface area contributed by atoms with E-state index >= 15 is 0 Å². The highest BCUT2D eigenvalue weighted by Gasteiger charge is 2.04. The van der Waals surface area contributed by atoms with Crippen molar-refractivity contribution in [3.8, 4) is 5.75 Å². The van der Waals surface area contributed by atoms with Gasteiger partial charge in [0.25, 0.3) is 0 Å². The van der Waals surface area contributed by atoms with E-state index in [1.807, 2.05) is 24.3 Å². The molecule has 3 aromatic rings. The first-order chi connectivity index (χ1) is 11.6. The lowest BCUT2D eigenvalue weighted by atomic mass is 10.3. The first kappa shape index (κ1) is 15.7. The van der Waals surface area contributed by atoms with Crippen LogP contribution in [0.4, 0.5) is 27.4 Å². The molecule has 0 bridgehead atoms. The number of aryl methyl sites for hydroxylation is 1. The van der Waals surface area contributed by atoms with Crippen molar-refractivity contribution >= 4 is 23.0 Å². The standard InChI is InChI=1S/C18H17FN4O/c1-12-20-17(22-14-6-3-5-13(19)9-14)11-18(21-12)23-15-7-4-8-16(10-15)24-2/h3-11H,1-2H3,(H2,20,21,22,23). The van der Waals surface area contributed by atoms with Crippen molar-refractivity contribution in [2.45, 2.75) is 6.92 Å². The van der Waals surface area contributed by atoms with Gasteiger partial charge in [-0.1, -0.05) is 12.1 Å². The fraction of sp³-hybridized carbons (Fsp3) is 0.111. The molecule has 2 N–H and O–H groups in total. The van der Waals surface area contributed by atoms with Crippen molar-refractivity contribution in [2.24, 2.45) is 0 Å². The van der Waals surface area contributed by atoms with Gasteiger partial charge in [-0.25, -0.2) is 14.4 Å². The average Bonchev–Trinajstić information content (AvgIpc) is 2.54. The zero-order chi connectivity index (χ0) is 16.9. The third-order valence-corrected chi connectivity index (χ3v) is 3.28. The summed E-state index contributed by atoms with van der Waals surface area (Å²) in [7, 11) is 1.62.